The molecule has 6 heteroatoms. The topological polar surface area (TPSA) is 45.7 Å². The average molecular weight is 402 g/mol. The van der Waals surface area contributed by atoms with Crippen molar-refractivity contribution in [3.63, 3.8) is 0 Å². The summed E-state index contributed by atoms with van der Waals surface area (Å²) in [6.45, 7) is 10.4. The fourth-order valence-corrected chi connectivity index (χ4v) is 4.40. The number of ether oxygens (including phenoxy) is 1. The summed E-state index contributed by atoms with van der Waals surface area (Å²) in [6, 6.07) is 8.78. The standard InChI is InChI=1S/C22H31N3O2S/c1-17-16-24(21(26)27-22(2,3)4)12-6-5-7-13-25(17)28-20-9-8-19-15-23-11-10-18(19)14-20/h8-11,14-15,17H,5-7,12-13,16H2,1-4H3/t17-/m1/s1. The molecule has 1 aliphatic heterocycles. The first-order valence-electron chi connectivity index (χ1n) is 10.1. The summed E-state index contributed by atoms with van der Waals surface area (Å²) in [5.41, 5.74) is -0.465. The van der Waals surface area contributed by atoms with Gasteiger partial charge in [-0.25, -0.2) is 9.10 Å². The number of carbonyl (C=O) groups is 1. The van der Waals surface area contributed by atoms with Crippen molar-refractivity contribution in [3.8, 4) is 0 Å². The minimum absolute atomic E-state index is 0.204. The van der Waals surface area contributed by atoms with Crippen LogP contribution in [0.15, 0.2) is 41.6 Å². The third-order valence-corrected chi connectivity index (χ3v) is 6.01. The number of fused-ring (bicyclic) bond motifs is 1. The minimum atomic E-state index is -0.465. The first-order valence-corrected chi connectivity index (χ1v) is 10.9. The maximum atomic E-state index is 12.6. The molecule has 0 unspecified atom stereocenters. The highest BCUT2D eigenvalue weighted by molar-refractivity contribution is 7.97. The predicted octanol–water partition coefficient (Wildman–Crippen LogP) is 5.35. The molecule has 1 saturated heterocycles. The Morgan fingerprint density at radius 2 is 1.93 bits per heavy atom. The predicted molar refractivity (Wildman–Crippen MR) is 115 cm³/mol. The second-order valence-corrected chi connectivity index (χ2v) is 9.58. The smallest absolute Gasteiger partial charge is 0.410 e. The molecule has 3 rings (SSSR count). The van der Waals surface area contributed by atoms with Gasteiger partial charge in [0.1, 0.15) is 5.60 Å². The highest BCUT2D eigenvalue weighted by Gasteiger charge is 2.26. The molecule has 5 nitrogen and oxygen atoms in total. The van der Waals surface area contributed by atoms with E-state index in [4.69, 9.17) is 4.74 Å². The normalized spacial score (nSPS) is 19.7. The van der Waals surface area contributed by atoms with E-state index in [1.807, 2.05) is 44.1 Å². The van der Waals surface area contributed by atoms with Gasteiger partial charge in [-0.15, -0.1) is 0 Å². The zero-order valence-electron chi connectivity index (χ0n) is 17.4. The summed E-state index contributed by atoms with van der Waals surface area (Å²) in [7, 11) is 0. The van der Waals surface area contributed by atoms with Crippen molar-refractivity contribution in [3.05, 3.63) is 36.7 Å². The van der Waals surface area contributed by atoms with E-state index in [2.05, 4.69) is 34.4 Å². The van der Waals surface area contributed by atoms with E-state index in [0.29, 0.717) is 6.54 Å². The van der Waals surface area contributed by atoms with E-state index in [1.165, 1.54) is 10.3 Å². The fourth-order valence-electron chi connectivity index (χ4n) is 3.35. The van der Waals surface area contributed by atoms with Gasteiger partial charge in [0.2, 0.25) is 0 Å². The molecule has 28 heavy (non-hydrogen) atoms. The highest BCUT2D eigenvalue weighted by Crippen LogP contribution is 2.29. The van der Waals surface area contributed by atoms with Gasteiger partial charge in [-0.05, 0) is 76.1 Å². The number of benzene rings is 1. The Hall–Kier alpha value is -1.79. The fraction of sp³-hybridized carbons (Fsp3) is 0.545. The molecule has 1 aliphatic rings. The van der Waals surface area contributed by atoms with Crippen molar-refractivity contribution in [2.24, 2.45) is 0 Å². The summed E-state index contributed by atoms with van der Waals surface area (Å²) in [4.78, 5) is 19.9. The van der Waals surface area contributed by atoms with Gasteiger partial charge in [0.25, 0.3) is 0 Å². The van der Waals surface area contributed by atoms with Gasteiger partial charge in [0.05, 0.1) is 0 Å². The molecule has 152 valence electrons. The molecule has 1 aromatic heterocycles. The van der Waals surface area contributed by atoms with Crippen molar-refractivity contribution in [1.82, 2.24) is 14.2 Å². The largest absolute Gasteiger partial charge is 0.444 e. The van der Waals surface area contributed by atoms with Crippen LogP contribution in [0.2, 0.25) is 0 Å². The van der Waals surface area contributed by atoms with Gasteiger partial charge in [0, 0.05) is 48.4 Å². The maximum absolute atomic E-state index is 12.6. The van der Waals surface area contributed by atoms with Gasteiger partial charge >= 0.3 is 6.09 Å². The summed E-state index contributed by atoms with van der Waals surface area (Å²) < 4.78 is 8.03. The van der Waals surface area contributed by atoms with Crippen molar-refractivity contribution in [1.29, 1.82) is 0 Å². The van der Waals surface area contributed by atoms with E-state index in [1.54, 1.807) is 11.9 Å². The van der Waals surface area contributed by atoms with Crippen molar-refractivity contribution in [2.75, 3.05) is 19.6 Å². The van der Waals surface area contributed by atoms with Crippen LogP contribution >= 0.6 is 11.9 Å². The van der Waals surface area contributed by atoms with Crippen LogP contribution in [-0.4, -0.2) is 51.6 Å². The highest BCUT2D eigenvalue weighted by atomic mass is 32.2. The molecule has 0 spiro atoms. The van der Waals surface area contributed by atoms with Gasteiger partial charge in [-0.1, -0.05) is 12.5 Å². The zero-order valence-corrected chi connectivity index (χ0v) is 18.2. The molecule has 1 fully saturated rings. The number of pyridine rings is 1. The van der Waals surface area contributed by atoms with E-state index in [9.17, 15) is 4.79 Å². The average Bonchev–Trinajstić information content (AvgIpc) is 2.72. The van der Waals surface area contributed by atoms with Crippen molar-refractivity contribution >= 4 is 28.8 Å². The van der Waals surface area contributed by atoms with Gasteiger partial charge in [-0.3, -0.25) is 4.98 Å². The van der Waals surface area contributed by atoms with Crippen LogP contribution in [0.4, 0.5) is 4.79 Å². The SMILES string of the molecule is C[C@@H]1CN(C(=O)OC(C)(C)C)CCCCCN1Sc1ccc2cnccc2c1. The molecule has 1 aromatic carbocycles. The van der Waals surface area contributed by atoms with Crippen LogP contribution in [0.3, 0.4) is 0 Å². The molecule has 1 atom stereocenters. The Labute approximate surface area is 172 Å². The Balaban J connectivity index is 1.71. The number of hydrogen-bond acceptors (Lipinski definition) is 5. The molecule has 0 saturated carbocycles. The summed E-state index contributed by atoms with van der Waals surface area (Å²) in [5.74, 6) is 0. The molecule has 0 N–H and O–H groups in total. The number of nitrogens with zero attached hydrogens (tertiary/aromatic N) is 3. The Morgan fingerprint density at radius 1 is 1.14 bits per heavy atom. The lowest BCUT2D eigenvalue weighted by atomic mass is 10.2. The Morgan fingerprint density at radius 3 is 2.71 bits per heavy atom. The lowest BCUT2D eigenvalue weighted by Crippen LogP contribution is -2.44. The number of aromatic nitrogens is 1. The maximum Gasteiger partial charge on any atom is 0.410 e. The van der Waals surface area contributed by atoms with Crippen molar-refractivity contribution in [2.45, 2.75) is 63.5 Å². The first kappa shape index (κ1) is 20.9. The molecule has 0 radical (unpaired) electrons. The summed E-state index contributed by atoms with van der Waals surface area (Å²) in [6.07, 6.45) is 6.80. The minimum Gasteiger partial charge on any atom is -0.444 e. The van der Waals surface area contributed by atoms with E-state index in [0.717, 1.165) is 37.7 Å². The lowest BCUT2D eigenvalue weighted by Gasteiger charge is -2.32. The van der Waals surface area contributed by atoms with E-state index >= 15 is 0 Å². The molecule has 2 heterocycles. The van der Waals surface area contributed by atoms with Crippen LogP contribution in [0, 0.1) is 0 Å². The third-order valence-electron chi connectivity index (χ3n) is 4.77. The van der Waals surface area contributed by atoms with Crippen LogP contribution in [0.1, 0.15) is 47.0 Å². The quantitative estimate of drug-likeness (QED) is 0.635. The molecular weight excluding hydrogens is 370 g/mol. The molecular formula is C22H31N3O2S. The van der Waals surface area contributed by atoms with Crippen LogP contribution < -0.4 is 0 Å². The Kier molecular flexibility index (Phi) is 6.83. The second kappa shape index (κ2) is 9.14. The van der Waals surface area contributed by atoms with Crippen LogP contribution in [0.5, 0.6) is 0 Å². The van der Waals surface area contributed by atoms with Gasteiger partial charge in [-0.2, -0.15) is 0 Å². The lowest BCUT2D eigenvalue weighted by molar-refractivity contribution is 0.0224. The summed E-state index contributed by atoms with van der Waals surface area (Å²) in [5, 5.41) is 2.35. The van der Waals surface area contributed by atoms with E-state index in [-0.39, 0.29) is 12.1 Å². The van der Waals surface area contributed by atoms with Crippen molar-refractivity contribution < 1.29 is 9.53 Å². The molecule has 0 aliphatic carbocycles. The van der Waals surface area contributed by atoms with Crippen LogP contribution in [0.25, 0.3) is 10.8 Å². The Bertz CT molecular complexity index is 806. The number of carbonyl (C=O) groups excluding carboxylic acids is 1. The first-order chi connectivity index (χ1) is 13.3. The number of rotatable bonds is 2. The monoisotopic (exact) mass is 401 g/mol. The van der Waals surface area contributed by atoms with E-state index < -0.39 is 5.60 Å². The molecule has 0 bridgehead atoms. The third kappa shape index (κ3) is 5.85. The molecule has 2 aromatic rings. The van der Waals surface area contributed by atoms with Gasteiger partial charge in [0.15, 0.2) is 0 Å². The second-order valence-electron chi connectivity index (χ2n) is 8.45. The molecule has 1 amide bonds. The summed E-state index contributed by atoms with van der Waals surface area (Å²) >= 11 is 1.78. The zero-order chi connectivity index (χ0) is 20.1. The number of amides is 1. The van der Waals surface area contributed by atoms with Gasteiger partial charge < -0.3 is 9.64 Å². The van der Waals surface area contributed by atoms with Crippen LogP contribution in [-0.2, 0) is 4.74 Å². The number of hydrogen-bond donors (Lipinski definition) is 0.